The molecule has 1 aromatic heterocycles. The molecule has 0 amide bonds. The van der Waals surface area contributed by atoms with Crippen LogP contribution in [0.4, 0.5) is 0 Å². The fraction of sp³-hybridized carbons (Fsp3) is 0.481. The van der Waals surface area contributed by atoms with Crippen molar-refractivity contribution in [3.8, 4) is 17.2 Å². The van der Waals surface area contributed by atoms with Crippen LogP contribution < -0.4 is 14.2 Å². The Morgan fingerprint density at radius 3 is 2.26 bits per heavy atom. The van der Waals surface area contributed by atoms with Crippen molar-refractivity contribution in [2.75, 3.05) is 54.6 Å². The van der Waals surface area contributed by atoms with Crippen molar-refractivity contribution < 1.29 is 19.3 Å². The maximum Gasteiger partial charge on any atom is 0.122 e. The van der Waals surface area contributed by atoms with E-state index in [4.69, 9.17) is 14.2 Å². The van der Waals surface area contributed by atoms with Crippen LogP contribution in [0.1, 0.15) is 35.7 Å². The average molecular weight is 466 g/mol. The van der Waals surface area contributed by atoms with Crippen LogP contribution in [0, 0.1) is 0 Å². The summed E-state index contributed by atoms with van der Waals surface area (Å²) < 4.78 is 16.5. The lowest BCUT2D eigenvalue weighted by Crippen LogP contribution is -2.53. The molecule has 1 spiro atoms. The number of nitrogens with one attached hydrogen (secondary N) is 1. The molecular weight excluding hydrogens is 430 g/mol. The number of H-pyrrole nitrogens is 1. The normalized spacial score (nSPS) is 20.4. The maximum atomic E-state index is 10.6. The molecule has 5 rings (SSSR count). The van der Waals surface area contributed by atoms with Crippen LogP contribution in [-0.4, -0.2) is 74.5 Å². The van der Waals surface area contributed by atoms with Gasteiger partial charge in [0.15, 0.2) is 0 Å². The summed E-state index contributed by atoms with van der Waals surface area (Å²) in [6.07, 6.45) is 2.18. The Kier molecular flexibility index (Phi) is 6.18. The Labute approximate surface area is 201 Å². The quantitative estimate of drug-likeness (QED) is 0.579. The monoisotopic (exact) mass is 465 g/mol. The number of benzene rings is 2. The number of nitrogens with zero attached hydrogens (tertiary/aromatic N) is 2. The minimum atomic E-state index is -0.115. The summed E-state index contributed by atoms with van der Waals surface area (Å²) in [5.74, 6) is 2.39. The molecule has 2 aromatic carbocycles. The first-order chi connectivity index (χ1) is 16.5. The molecule has 0 saturated carbocycles. The second-order valence-electron chi connectivity index (χ2n) is 9.73. The number of aromatic amines is 1. The molecule has 1 atom stereocenters. The van der Waals surface area contributed by atoms with E-state index in [1.54, 1.807) is 21.3 Å². The van der Waals surface area contributed by atoms with Crippen molar-refractivity contribution in [1.29, 1.82) is 0 Å². The van der Waals surface area contributed by atoms with Crippen LogP contribution in [-0.2, 0) is 12.0 Å². The number of hydrogen-bond acceptors (Lipinski definition) is 6. The number of fused-ring (bicyclic) bond motifs is 4. The lowest BCUT2D eigenvalue weighted by Gasteiger charge is -2.50. The number of piperidine rings is 1. The van der Waals surface area contributed by atoms with E-state index >= 15 is 0 Å². The van der Waals surface area contributed by atoms with Crippen molar-refractivity contribution in [3.05, 3.63) is 53.2 Å². The molecule has 7 nitrogen and oxygen atoms in total. The fourth-order valence-electron chi connectivity index (χ4n) is 5.93. The van der Waals surface area contributed by atoms with Crippen LogP contribution in [0.3, 0.4) is 0 Å². The number of likely N-dealkylation sites (tertiary alicyclic amines) is 1. The van der Waals surface area contributed by atoms with E-state index in [2.05, 4.69) is 46.1 Å². The highest BCUT2D eigenvalue weighted by Crippen LogP contribution is 2.49. The third-order valence-corrected chi connectivity index (χ3v) is 7.76. The zero-order chi connectivity index (χ0) is 23.9. The van der Waals surface area contributed by atoms with Gasteiger partial charge in [0.05, 0.1) is 34.0 Å². The van der Waals surface area contributed by atoms with E-state index in [1.807, 2.05) is 12.1 Å². The second-order valence-corrected chi connectivity index (χ2v) is 9.73. The molecule has 2 aliphatic rings. The van der Waals surface area contributed by atoms with Gasteiger partial charge in [-0.3, -0.25) is 4.90 Å². The molecule has 7 heteroatoms. The summed E-state index contributed by atoms with van der Waals surface area (Å²) >= 11 is 0. The molecular formula is C27H35N3O4. The predicted octanol–water partition coefficient (Wildman–Crippen LogP) is 3.71. The van der Waals surface area contributed by atoms with E-state index in [1.165, 1.54) is 10.9 Å². The largest absolute Gasteiger partial charge is 0.497 e. The summed E-state index contributed by atoms with van der Waals surface area (Å²) in [4.78, 5) is 8.53. The highest BCUT2D eigenvalue weighted by Gasteiger charge is 2.47. The van der Waals surface area contributed by atoms with Gasteiger partial charge >= 0.3 is 0 Å². The van der Waals surface area contributed by atoms with Gasteiger partial charge in [-0.1, -0.05) is 0 Å². The van der Waals surface area contributed by atoms with Gasteiger partial charge in [-0.15, -0.1) is 0 Å². The number of aliphatic hydroxyl groups is 1. The Bertz CT molecular complexity index is 1140. The lowest BCUT2D eigenvalue weighted by atomic mass is 9.68. The van der Waals surface area contributed by atoms with E-state index in [-0.39, 0.29) is 18.1 Å². The molecule has 1 saturated heterocycles. The summed E-state index contributed by atoms with van der Waals surface area (Å²) in [7, 11) is 7.25. The van der Waals surface area contributed by atoms with Gasteiger partial charge in [0.25, 0.3) is 0 Å². The van der Waals surface area contributed by atoms with Crippen molar-refractivity contribution in [2.24, 2.45) is 0 Å². The zero-order valence-corrected chi connectivity index (χ0v) is 20.6. The summed E-state index contributed by atoms with van der Waals surface area (Å²) in [5.41, 5.74) is 4.74. The molecule has 3 heterocycles. The number of hydrogen-bond donors (Lipinski definition) is 2. The minimum absolute atomic E-state index is 0.0311. The van der Waals surface area contributed by atoms with Gasteiger partial charge in [-0.25, -0.2) is 0 Å². The topological polar surface area (TPSA) is 70.2 Å². The van der Waals surface area contributed by atoms with Crippen LogP contribution in [0.5, 0.6) is 17.2 Å². The standard InChI is InChI=1S/C27H35N3O4/c1-29-9-7-27(8-10-29)17-30(15-18-11-20(33-3)13-21(12-18)34-4)24(16-31)26-25(27)22-6-5-19(32-2)14-23(22)28-26/h5-6,11-14,24,28,31H,7-10,15-17H2,1-4H3/t24-/m1/s1. The molecule has 0 bridgehead atoms. The van der Waals surface area contributed by atoms with Crippen LogP contribution in [0.15, 0.2) is 36.4 Å². The number of aromatic nitrogens is 1. The third-order valence-electron chi connectivity index (χ3n) is 7.76. The zero-order valence-electron chi connectivity index (χ0n) is 20.6. The fourth-order valence-corrected chi connectivity index (χ4v) is 5.93. The van der Waals surface area contributed by atoms with Crippen molar-refractivity contribution >= 4 is 10.9 Å². The maximum absolute atomic E-state index is 10.6. The Balaban J connectivity index is 1.61. The van der Waals surface area contributed by atoms with Crippen LogP contribution in [0.25, 0.3) is 10.9 Å². The average Bonchev–Trinajstić information content (AvgIpc) is 3.25. The van der Waals surface area contributed by atoms with E-state index in [0.717, 1.165) is 66.5 Å². The number of rotatable bonds is 6. The molecule has 2 aliphatic heterocycles. The second kappa shape index (κ2) is 9.13. The highest BCUT2D eigenvalue weighted by atomic mass is 16.5. The predicted molar refractivity (Wildman–Crippen MR) is 133 cm³/mol. The highest BCUT2D eigenvalue weighted by molar-refractivity contribution is 5.87. The summed E-state index contributed by atoms with van der Waals surface area (Å²) in [6, 6.07) is 12.2. The summed E-state index contributed by atoms with van der Waals surface area (Å²) in [6.45, 7) is 3.78. The van der Waals surface area contributed by atoms with Crippen LogP contribution >= 0.6 is 0 Å². The first-order valence-electron chi connectivity index (χ1n) is 12.0. The summed E-state index contributed by atoms with van der Waals surface area (Å²) in [5, 5.41) is 11.8. The smallest absolute Gasteiger partial charge is 0.122 e. The third kappa shape index (κ3) is 3.91. The lowest BCUT2D eigenvalue weighted by molar-refractivity contribution is 0.0474. The van der Waals surface area contributed by atoms with Crippen molar-refractivity contribution in [1.82, 2.24) is 14.8 Å². The van der Waals surface area contributed by atoms with Gasteiger partial charge in [0.2, 0.25) is 0 Å². The molecule has 2 N–H and O–H groups in total. The molecule has 182 valence electrons. The molecule has 0 unspecified atom stereocenters. The van der Waals surface area contributed by atoms with Crippen molar-refractivity contribution in [2.45, 2.75) is 30.8 Å². The first kappa shape index (κ1) is 23.0. The Morgan fingerprint density at radius 1 is 0.971 bits per heavy atom. The first-order valence-corrected chi connectivity index (χ1v) is 12.0. The van der Waals surface area contributed by atoms with Gasteiger partial charge in [-0.05, 0) is 68.4 Å². The van der Waals surface area contributed by atoms with Gasteiger partial charge < -0.3 is 29.2 Å². The van der Waals surface area contributed by atoms with Gasteiger partial charge in [-0.2, -0.15) is 0 Å². The number of methoxy groups -OCH3 is 3. The Morgan fingerprint density at radius 2 is 1.65 bits per heavy atom. The minimum Gasteiger partial charge on any atom is -0.497 e. The SMILES string of the molecule is COc1cc(CN2CC3(CCN(C)CC3)c3c([nH]c4cc(OC)ccc34)[C@H]2CO)cc(OC)c1. The van der Waals surface area contributed by atoms with Gasteiger partial charge in [0, 0.05) is 47.2 Å². The molecule has 0 aliphatic carbocycles. The van der Waals surface area contributed by atoms with E-state index in [0.29, 0.717) is 6.54 Å². The molecule has 0 radical (unpaired) electrons. The molecule has 1 fully saturated rings. The Hall–Kier alpha value is -2.74. The van der Waals surface area contributed by atoms with E-state index < -0.39 is 0 Å². The van der Waals surface area contributed by atoms with E-state index in [9.17, 15) is 5.11 Å². The van der Waals surface area contributed by atoms with Crippen molar-refractivity contribution in [3.63, 3.8) is 0 Å². The van der Waals surface area contributed by atoms with Crippen LogP contribution in [0.2, 0.25) is 0 Å². The molecule has 3 aromatic rings. The number of ether oxygens (including phenoxy) is 3. The van der Waals surface area contributed by atoms with Gasteiger partial charge in [0.1, 0.15) is 17.2 Å². The molecule has 34 heavy (non-hydrogen) atoms. The number of aliphatic hydroxyl groups excluding tert-OH is 1.